The van der Waals surface area contributed by atoms with Crippen LogP contribution in [0.5, 0.6) is 0 Å². The highest BCUT2D eigenvalue weighted by atomic mass is 35.5. The van der Waals surface area contributed by atoms with Crippen LogP contribution in [0, 0.1) is 0 Å². The van der Waals surface area contributed by atoms with Gasteiger partial charge in [0.2, 0.25) is 0 Å². The lowest BCUT2D eigenvalue weighted by molar-refractivity contribution is 0.189. The van der Waals surface area contributed by atoms with Crippen LogP contribution in [0.1, 0.15) is 17.3 Å². The SMILES string of the molecule is O=C(O)NCC(F)c1ccc(C(Cl)=NO)cc1. The Hall–Kier alpha value is -1.82. The number of carbonyl (C=O) groups is 1. The van der Waals surface area contributed by atoms with Gasteiger partial charge in [-0.3, -0.25) is 0 Å². The molecule has 1 rings (SSSR count). The molecule has 7 heteroatoms. The maximum atomic E-state index is 13.5. The molecular formula is C10H10ClFN2O3. The lowest BCUT2D eigenvalue weighted by Crippen LogP contribution is -2.25. The first-order valence-electron chi connectivity index (χ1n) is 4.63. The number of amides is 1. The predicted octanol–water partition coefficient (Wildman–Crippen LogP) is 2.34. The van der Waals surface area contributed by atoms with E-state index < -0.39 is 12.3 Å². The van der Waals surface area contributed by atoms with Gasteiger partial charge in [0.1, 0.15) is 6.17 Å². The van der Waals surface area contributed by atoms with Gasteiger partial charge in [0, 0.05) is 5.56 Å². The van der Waals surface area contributed by atoms with Gasteiger partial charge in [0.05, 0.1) is 6.54 Å². The molecule has 0 radical (unpaired) electrons. The molecule has 1 aromatic carbocycles. The van der Waals surface area contributed by atoms with Gasteiger partial charge in [-0.25, -0.2) is 9.18 Å². The Kier molecular flexibility index (Phi) is 4.71. The van der Waals surface area contributed by atoms with Crippen LogP contribution in [0.3, 0.4) is 0 Å². The maximum Gasteiger partial charge on any atom is 0.404 e. The quantitative estimate of drug-likeness (QED) is 0.441. The van der Waals surface area contributed by atoms with Crippen molar-refractivity contribution in [2.24, 2.45) is 5.16 Å². The molecule has 17 heavy (non-hydrogen) atoms. The molecule has 1 aromatic rings. The van der Waals surface area contributed by atoms with Gasteiger partial charge < -0.3 is 15.6 Å². The molecule has 0 aromatic heterocycles. The molecule has 0 fully saturated rings. The van der Waals surface area contributed by atoms with Gasteiger partial charge in [-0.05, 0) is 5.56 Å². The lowest BCUT2D eigenvalue weighted by atomic mass is 10.1. The second kappa shape index (κ2) is 6.05. The summed E-state index contributed by atoms with van der Waals surface area (Å²) < 4.78 is 13.5. The summed E-state index contributed by atoms with van der Waals surface area (Å²) in [6.45, 7) is -0.323. The Morgan fingerprint density at radius 3 is 2.53 bits per heavy atom. The molecule has 0 aliphatic heterocycles. The Morgan fingerprint density at radius 2 is 2.06 bits per heavy atom. The minimum atomic E-state index is -1.44. The highest BCUT2D eigenvalue weighted by Gasteiger charge is 2.11. The van der Waals surface area contributed by atoms with E-state index in [-0.39, 0.29) is 11.7 Å². The highest BCUT2D eigenvalue weighted by Crippen LogP contribution is 2.18. The van der Waals surface area contributed by atoms with Gasteiger partial charge in [0.25, 0.3) is 0 Å². The van der Waals surface area contributed by atoms with Crippen molar-refractivity contribution in [2.75, 3.05) is 6.54 Å². The number of hydrogen-bond acceptors (Lipinski definition) is 3. The summed E-state index contributed by atoms with van der Waals surface area (Å²) in [6.07, 6.45) is -2.72. The number of alkyl halides is 1. The fourth-order valence-electron chi connectivity index (χ4n) is 1.18. The van der Waals surface area contributed by atoms with E-state index in [1.165, 1.54) is 24.3 Å². The topological polar surface area (TPSA) is 81.9 Å². The minimum Gasteiger partial charge on any atom is -0.465 e. The molecule has 1 amide bonds. The van der Waals surface area contributed by atoms with Crippen molar-refractivity contribution < 1.29 is 19.5 Å². The summed E-state index contributed by atoms with van der Waals surface area (Å²) in [5, 5.41) is 21.4. The van der Waals surface area contributed by atoms with E-state index >= 15 is 0 Å². The van der Waals surface area contributed by atoms with Crippen LogP contribution in [0.4, 0.5) is 9.18 Å². The summed E-state index contributed by atoms with van der Waals surface area (Å²) >= 11 is 5.54. The molecule has 0 aliphatic carbocycles. The molecular weight excluding hydrogens is 251 g/mol. The normalized spacial score (nSPS) is 13.2. The zero-order chi connectivity index (χ0) is 12.8. The van der Waals surface area contributed by atoms with Crippen molar-refractivity contribution in [2.45, 2.75) is 6.17 Å². The third kappa shape index (κ3) is 3.92. The van der Waals surface area contributed by atoms with Gasteiger partial charge >= 0.3 is 6.09 Å². The third-order valence-electron chi connectivity index (χ3n) is 2.03. The first kappa shape index (κ1) is 13.2. The van der Waals surface area contributed by atoms with Crippen molar-refractivity contribution >= 4 is 22.9 Å². The largest absolute Gasteiger partial charge is 0.465 e. The van der Waals surface area contributed by atoms with E-state index in [4.69, 9.17) is 21.9 Å². The van der Waals surface area contributed by atoms with Crippen LogP contribution in [0.25, 0.3) is 0 Å². The summed E-state index contributed by atoms with van der Waals surface area (Å²) in [5.41, 5.74) is 0.751. The minimum absolute atomic E-state index is 0.101. The van der Waals surface area contributed by atoms with E-state index in [1.807, 2.05) is 5.32 Å². The highest BCUT2D eigenvalue weighted by molar-refractivity contribution is 6.69. The number of nitrogens with one attached hydrogen (secondary N) is 1. The predicted molar refractivity (Wildman–Crippen MR) is 60.5 cm³/mol. The number of oxime groups is 1. The number of halogens is 2. The van der Waals surface area contributed by atoms with E-state index in [0.29, 0.717) is 11.1 Å². The van der Waals surface area contributed by atoms with Crippen LogP contribution in [-0.4, -0.2) is 28.1 Å². The smallest absolute Gasteiger partial charge is 0.404 e. The Labute approximate surface area is 102 Å². The van der Waals surface area contributed by atoms with Crippen LogP contribution in [-0.2, 0) is 0 Å². The van der Waals surface area contributed by atoms with Crippen LogP contribution in [0.2, 0.25) is 0 Å². The van der Waals surface area contributed by atoms with Crippen molar-refractivity contribution in [3.05, 3.63) is 35.4 Å². The summed E-state index contributed by atoms with van der Waals surface area (Å²) in [6, 6.07) is 5.84. The molecule has 0 saturated heterocycles. The Morgan fingerprint density at radius 1 is 1.47 bits per heavy atom. The van der Waals surface area contributed by atoms with Gasteiger partial charge in [-0.2, -0.15) is 0 Å². The van der Waals surface area contributed by atoms with Crippen molar-refractivity contribution in [3.8, 4) is 0 Å². The molecule has 3 N–H and O–H groups in total. The second-order valence-corrected chi connectivity index (χ2v) is 3.52. The van der Waals surface area contributed by atoms with Crippen LogP contribution < -0.4 is 5.32 Å². The van der Waals surface area contributed by atoms with E-state index in [2.05, 4.69) is 5.16 Å². The summed E-state index contributed by atoms with van der Waals surface area (Å²) in [5.74, 6) is 0. The molecule has 0 bridgehead atoms. The third-order valence-corrected chi connectivity index (χ3v) is 2.32. The average Bonchev–Trinajstić information content (AvgIpc) is 2.35. The first-order chi connectivity index (χ1) is 8.04. The molecule has 5 nitrogen and oxygen atoms in total. The zero-order valence-electron chi connectivity index (χ0n) is 8.60. The van der Waals surface area contributed by atoms with Crippen molar-refractivity contribution in [3.63, 3.8) is 0 Å². The number of rotatable bonds is 4. The summed E-state index contributed by atoms with van der Waals surface area (Å²) in [4.78, 5) is 10.2. The van der Waals surface area contributed by atoms with Gasteiger partial charge in [-0.15, -0.1) is 0 Å². The molecule has 1 atom stereocenters. The molecule has 1 unspecified atom stereocenters. The molecule has 0 saturated carbocycles. The zero-order valence-corrected chi connectivity index (χ0v) is 9.36. The van der Waals surface area contributed by atoms with Crippen molar-refractivity contribution in [1.29, 1.82) is 0 Å². The summed E-state index contributed by atoms with van der Waals surface area (Å²) in [7, 11) is 0. The van der Waals surface area contributed by atoms with E-state index in [9.17, 15) is 9.18 Å². The van der Waals surface area contributed by atoms with E-state index in [0.717, 1.165) is 0 Å². The standard InChI is InChI=1S/C10H10ClFN2O3/c11-9(14-17)7-3-1-6(2-4-7)8(12)5-13-10(15)16/h1-4,8,13,17H,5H2,(H,15,16). The lowest BCUT2D eigenvalue weighted by Gasteiger charge is -2.08. The Bertz CT molecular complexity index is 422. The molecule has 0 heterocycles. The second-order valence-electron chi connectivity index (χ2n) is 3.17. The van der Waals surface area contributed by atoms with Crippen molar-refractivity contribution in [1.82, 2.24) is 5.32 Å². The molecule has 0 aliphatic rings. The number of nitrogens with zero attached hydrogens (tertiary/aromatic N) is 1. The fourth-order valence-corrected chi connectivity index (χ4v) is 1.31. The average molecular weight is 261 g/mol. The van der Waals surface area contributed by atoms with Crippen LogP contribution in [0.15, 0.2) is 29.4 Å². The number of carboxylic acid groups (broad SMARTS) is 1. The van der Waals surface area contributed by atoms with Crippen LogP contribution >= 0.6 is 11.6 Å². The van der Waals surface area contributed by atoms with Gasteiger partial charge in [0.15, 0.2) is 5.17 Å². The van der Waals surface area contributed by atoms with Gasteiger partial charge in [-0.1, -0.05) is 41.0 Å². The monoisotopic (exact) mass is 260 g/mol. The Balaban J connectivity index is 2.70. The maximum absolute atomic E-state index is 13.5. The molecule has 92 valence electrons. The molecule has 0 spiro atoms. The van der Waals surface area contributed by atoms with E-state index in [1.54, 1.807) is 0 Å². The fraction of sp³-hybridized carbons (Fsp3) is 0.200. The number of benzene rings is 1. The first-order valence-corrected chi connectivity index (χ1v) is 5.01. The number of hydrogen-bond donors (Lipinski definition) is 3.